The van der Waals surface area contributed by atoms with Gasteiger partial charge in [0.2, 0.25) is 0 Å². The Kier molecular flexibility index (Phi) is 6.05. The van der Waals surface area contributed by atoms with E-state index in [4.69, 9.17) is 0 Å². The summed E-state index contributed by atoms with van der Waals surface area (Å²) in [6.07, 6.45) is 2.25. The average Bonchev–Trinajstić information content (AvgIpc) is 2.69. The molecule has 1 fully saturated rings. The Bertz CT molecular complexity index is 414. The number of amides is 2. The first-order valence-corrected chi connectivity index (χ1v) is 7.62. The van der Waals surface area contributed by atoms with Gasteiger partial charge in [0.15, 0.2) is 0 Å². The third-order valence-corrected chi connectivity index (χ3v) is 4.39. The minimum Gasteiger partial charge on any atom is -0.335 e. The van der Waals surface area contributed by atoms with Crippen LogP contribution in [0.4, 0.5) is 10.5 Å². The molecule has 0 aromatic heterocycles. The van der Waals surface area contributed by atoms with Gasteiger partial charge in [0.05, 0.1) is 0 Å². The van der Waals surface area contributed by atoms with E-state index < -0.39 is 0 Å². The molecule has 3 heteroatoms. The molecule has 0 radical (unpaired) electrons. The van der Waals surface area contributed by atoms with Gasteiger partial charge in [0, 0.05) is 11.7 Å². The molecule has 20 heavy (non-hydrogen) atoms. The van der Waals surface area contributed by atoms with Gasteiger partial charge in [-0.05, 0) is 36.3 Å². The van der Waals surface area contributed by atoms with Crippen LogP contribution in [0, 0.1) is 11.3 Å². The summed E-state index contributed by atoms with van der Waals surface area (Å²) in [7, 11) is 0. The summed E-state index contributed by atoms with van der Waals surface area (Å²) < 4.78 is 0. The third-order valence-electron chi connectivity index (χ3n) is 4.39. The quantitative estimate of drug-likeness (QED) is 0.810. The highest BCUT2D eigenvalue weighted by Gasteiger charge is 2.41. The van der Waals surface area contributed by atoms with Gasteiger partial charge in [-0.1, -0.05) is 52.8 Å². The molecule has 1 aliphatic rings. The molecule has 1 aliphatic carbocycles. The number of rotatable bonds is 2. The fraction of sp³-hybridized carbons (Fsp3) is 0.588. The molecule has 1 unspecified atom stereocenters. The standard InChI is InChI=1S/C15H22N2O.C2H6/c1-11-9-10-13(15(11,2)3)17-14(18)16-12-7-5-4-6-8-12;1-2/h4-8,11,13H,9-10H2,1-3H3,(H2,16,17,18);1-2H3/t11?,13-;/m0./s1. The summed E-state index contributed by atoms with van der Waals surface area (Å²) >= 11 is 0. The second kappa shape index (κ2) is 7.32. The van der Waals surface area contributed by atoms with Crippen LogP contribution in [-0.4, -0.2) is 12.1 Å². The van der Waals surface area contributed by atoms with Gasteiger partial charge >= 0.3 is 6.03 Å². The monoisotopic (exact) mass is 276 g/mol. The molecule has 3 nitrogen and oxygen atoms in total. The van der Waals surface area contributed by atoms with Crippen molar-refractivity contribution in [3.05, 3.63) is 30.3 Å². The van der Waals surface area contributed by atoms with E-state index >= 15 is 0 Å². The fourth-order valence-electron chi connectivity index (χ4n) is 2.61. The number of urea groups is 1. The highest BCUT2D eigenvalue weighted by Crippen LogP contribution is 2.42. The van der Waals surface area contributed by atoms with Crippen molar-refractivity contribution in [1.82, 2.24) is 5.32 Å². The van der Waals surface area contributed by atoms with Gasteiger partial charge in [-0.25, -0.2) is 4.79 Å². The van der Waals surface area contributed by atoms with Crippen molar-refractivity contribution in [2.24, 2.45) is 11.3 Å². The van der Waals surface area contributed by atoms with Crippen LogP contribution in [0.2, 0.25) is 0 Å². The molecule has 1 aromatic rings. The molecule has 2 atom stereocenters. The molecule has 2 N–H and O–H groups in total. The molecule has 112 valence electrons. The topological polar surface area (TPSA) is 41.1 Å². The highest BCUT2D eigenvalue weighted by atomic mass is 16.2. The molecule has 0 aliphatic heterocycles. The predicted octanol–water partition coefficient (Wildman–Crippen LogP) is 4.66. The molecular weight excluding hydrogens is 248 g/mol. The maximum Gasteiger partial charge on any atom is 0.319 e. The maximum atomic E-state index is 11.9. The molecule has 0 heterocycles. The zero-order valence-corrected chi connectivity index (χ0v) is 13.4. The van der Waals surface area contributed by atoms with E-state index in [0.29, 0.717) is 5.92 Å². The van der Waals surface area contributed by atoms with Crippen molar-refractivity contribution >= 4 is 11.7 Å². The summed E-state index contributed by atoms with van der Waals surface area (Å²) in [5.74, 6) is 0.652. The summed E-state index contributed by atoms with van der Waals surface area (Å²) in [4.78, 5) is 11.9. The maximum absolute atomic E-state index is 11.9. The SMILES string of the molecule is CC.CC1CC[C@H](NC(=O)Nc2ccccc2)C1(C)C. The molecule has 2 amide bonds. The van der Waals surface area contributed by atoms with Crippen molar-refractivity contribution in [1.29, 1.82) is 0 Å². The van der Waals surface area contributed by atoms with Crippen LogP contribution in [0.3, 0.4) is 0 Å². The first kappa shape index (κ1) is 16.5. The van der Waals surface area contributed by atoms with Crippen molar-refractivity contribution in [2.75, 3.05) is 5.32 Å². The number of carbonyl (C=O) groups is 1. The molecule has 1 saturated carbocycles. The minimum absolute atomic E-state index is 0.103. The lowest BCUT2D eigenvalue weighted by Gasteiger charge is -2.31. The van der Waals surface area contributed by atoms with E-state index in [2.05, 4.69) is 31.4 Å². The van der Waals surface area contributed by atoms with Crippen LogP contribution in [0.5, 0.6) is 0 Å². The van der Waals surface area contributed by atoms with Crippen LogP contribution in [0.25, 0.3) is 0 Å². The number of para-hydroxylation sites is 1. The van der Waals surface area contributed by atoms with Gasteiger partial charge in [-0.15, -0.1) is 0 Å². The predicted molar refractivity (Wildman–Crippen MR) is 85.9 cm³/mol. The summed E-state index contributed by atoms with van der Waals surface area (Å²) in [5.41, 5.74) is 1.01. The number of hydrogen-bond acceptors (Lipinski definition) is 1. The van der Waals surface area contributed by atoms with Crippen LogP contribution in [-0.2, 0) is 0 Å². The van der Waals surface area contributed by atoms with Crippen LogP contribution in [0.1, 0.15) is 47.5 Å². The second-order valence-electron chi connectivity index (χ2n) is 5.82. The lowest BCUT2D eigenvalue weighted by Crippen LogP contribution is -2.45. The smallest absolute Gasteiger partial charge is 0.319 e. The van der Waals surface area contributed by atoms with E-state index in [0.717, 1.165) is 12.1 Å². The number of carbonyl (C=O) groups excluding carboxylic acids is 1. The number of hydrogen-bond donors (Lipinski definition) is 2. The van der Waals surface area contributed by atoms with E-state index in [1.165, 1.54) is 6.42 Å². The largest absolute Gasteiger partial charge is 0.335 e. The Morgan fingerprint density at radius 2 is 1.75 bits per heavy atom. The van der Waals surface area contributed by atoms with Crippen LogP contribution >= 0.6 is 0 Å². The Morgan fingerprint density at radius 1 is 1.15 bits per heavy atom. The van der Waals surface area contributed by atoms with Crippen molar-refractivity contribution in [2.45, 2.75) is 53.5 Å². The Balaban J connectivity index is 0.000000956. The molecule has 0 bridgehead atoms. The Morgan fingerprint density at radius 3 is 2.25 bits per heavy atom. The van der Waals surface area contributed by atoms with E-state index in [1.807, 2.05) is 44.2 Å². The van der Waals surface area contributed by atoms with Gasteiger partial charge in [-0.2, -0.15) is 0 Å². The minimum atomic E-state index is -0.103. The molecule has 0 spiro atoms. The lowest BCUT2D eigenvalue weighted by atomic mass is 9.80. The lowest BCUT2D eigenvalue weighted by molar-refractivity contribution is 0.210. The average molecular weight is 276 g/mol. The molecular formula is C17H28N2O. The second-order valence-corrected chi connectivity index (χ2v) is 5.82. The van der Waals surface area contributed by atoms with Crippen molar-refractivity contribution in [3.8, 4) is 0 Å². The summed E-state index contributed by atoms with van der Waals surface area (Å²) in [6, 6.07) is 9.70. The fourth-order valence-corrected chi connectivity index (χ4v) is 2.61. The number of anilines is 1. The molecule has 1 aromatic carbocycles. The van der Waals surface area contributed by atoms with Crippen molar-refractivity contribution < 1.29 is 4.79 Å². The summed E-state index contributed by atoms with van der Waals surface area (Å²) in [6.45, 7) is 10.7. The summed E-state index contributed by atoms with van der Waals surface area (Å²) in [5, 5.41) is 5.97. The van der Waals surface area contributed by atoms with E-state index in [1.54, 1.807) is 0 Å². The zero-order valence-electron chi connectivity index (χ0n) is 13.4. The highest BCUT2D eigenvalue weighted by molar-refractivity contribution is 5.89. The van der Waals surface area contributed by atoms with Crippen LogP contribution in [0.15, 0.2) is 30.3 Å². The van der Waals surface area contributed by atoms with Crippen LogP contribution < -0.4 is 10.6 Å². The van der Waals surface area contributed by atoms with Gasteiger partial charge in [-0.3, -0.25) is 0 Å². The van der Waals surface area contributed by atoms with E-state index in [9.17, 15) is 4.79 Å². The van der Waals surface area contributed by atoms with E-state index in [-0.39, 0.29) is 17.5 Å². The van der Waals surface area contributed by atoms with Crippen molar-refractivity contribution in [3.63, 3.8) is 0 Å². The Labute approximate surface area is 123 Å². The normalized spacial score (nSPS) is 23.4. The van der Waals surface area contributed by atoms with Gasteiger partial charge < -0.3 is 10.6 Å². The third kappa shape index (κ3) is 3.99. The van der Waals surface area contributed by atoms with Gasteiger partial charge in [0.25, 0.3) is 0 Å². The number of benzene rings is 1. The molecule has 2 rings (SSSR count). The van der Waals surface area contributed by atoms with Gasteiger partial charge in [0.1, 0.15) is 0 Å². The Hall–Kier alpha value is -1.51. The molecule has 0 saturated heterocycles. The zero-order chi connectivity index (χ0) is 15.2. The number of nitrogens with one attached hydrogen (secondary N) is 2. The first-order chi connectivity index (χ1) is 9.50. The first-order valence-electron chi connectivity index (χ1n) is 7.62.